The molecule has 54 valence electrons. The second kappa shape index (κ2) is 6.13. The van der Waals surface area contributed by atoms with Gasteiger partial charge in [-0.3, -0.25) is 4.79 Å². The molecule has 0 bridgehead atoms. The van der Waals surface area contributed by atoms with Crippen molar-refractivity contribution in [2.24, 2.45) is 0 Å². The highest BCUT2D eigenvalue weighted by atomic mass is 27.0. The Kier molecular flexibility index (Phi) is 8.00. The second-order valence-electron chi connectivity index (χ2n) is 1.83. The number of hydrogen-bond donors (Lipinski definition) is 0. The fraction of sp³-hybridized carbons (Fsp3) is 0.833. The minimum atomic E-state index is -0.195. The molecule has 0 aliphatic carbocycles. The van der Waals surface area contributed by atoms with E-state index in [9.17, 15) is 4.79 Å². The molecule has 0 aliphatic heterocycles. The van der Waals surface area contributed by atoms with Crippen LogP contribution in [-0.4, -0.2) is 29.4 Å². The van der Waals surface area contributed by atoms with Gasteiger partial charge in [0.25, 0.3) is 0 Å². The van der Waals surface area contributed by atoms with E-state index in [2.05, 4.69) is 0 Å². The molecule has 0 heterocycles. The Morgan fingerprint density at radius 3 is 2.22 bits per heavy atom. The molecule has 0 radical (unpaired) electrons. The van der Waals surface area contributed by atoms with E-state index in [1.54, 1.807) is 0 Å². The van der Waals surface area contributed by atoms with E-state index >= 15 is 0 Å². The molecular weight excluding hydrogens is 131 g/mol. The van der Waals surface area contributed by atoms with E-state index < -0.39 is 0 Å². The van der Waals surface area contributed by atoms with Gasteiger partial charge in [0.05, 0.1) is 6.10 Å². The highest BCUT2D eigenvalue weighted by molar-refractivity contribution is 5.75. The first-order chi connectivity index (χ1) is 3.66. The third-order valence-corrected chi connectivity index (χ3v) is 0.942. The average molecular weight is 146 g/mol. The number of hydrogen-bond acceptors (Lipinski definition) is 2. The van der Waals surface area contributed by atoms with Crippen LogP contribution in [0.3, 0.4) is 0 Å². The molecule has 1 atom stereocenters. The van der Waals surface area contributed by atoms with E-state index in [0.717, 1.165) is 6.42 Å². The molecule has 9 heavy (non-hydrogen) atoms. The molecule has 2 nitrogen and oxygen atoms in total. The standard InChI is InChI=1S/C6H12O2.Al.3H/c1-4-5(2)8-6(3)7;;;;/h5H,4H2,1-3H3;;;;. The van der Waals surface area contributed by atoms with Gasteiger partial charge in [-0.2, -0.15) is 0 Å². The summed E-state index contributed by atoms with van der Waals surface area (Å²) in [5.41, 5.74) is 0. The molecule has 0 aliphatic rings. The normalized spacial score (nSPS) is 11.4. The smallest absolute Gasteiger partial charge is 0.302 e. The van der Waals surface area contributed by atoms with Crippen LogP contribution >= 0.6 is 0 Å². The lowest BCUT2D eigenvalue weighted by atomic mass is 10.3. The van der Waals surface area contributed by atoms with Crippen molar-refractivity contribution < 1.29 is 9.53 Å². The van der Waals surface area contributed by atoms with Crippen LogP contribution < -0.4 is 0 Å². The molecule has 0 spiro atoms. The summed E-state index contributed by atoms with van der Waals surface area (Å²) in [6, 6.07) is 0. The van der Waals surface area contributed by atoms with Crippen molar-refractivity contribution in [3.8, 4) is 0 Å². The molecule has 0 saturated heterocycles. The van der Waals surface area contributed by atoms with Crippen molar-refractivity contribution >= 4 is 23.3 Å². The molecule has 0 aromatic heterocycles. The van der Waals surface area contributed by atoms with E-state index in [0.29, 0.717) is 0 Å². The summed E-state index contributed by atoms with van der Waals surface area (Å²) in [7, 11) is 0. The average Bonchev–Trinajstić information content (AvgIpc) is 1.65. The minimum absolute atomic E-state index is 0. The predicted molar refractivity (Wildman–Crippen MR) is 41.5 cm³/mol. The van der Waals surface area contributed by atoms with Crippen LogP contribution in [0.2, 0.25) is 0 Å². The summed E-state index contributed by atoms with van der Waals surface area (Å²) in [4.78, 5) is 10.2. The van der Waals surface area contributed by atoms with Gasteiger partial charge in [0, 0.05) is 6.92 Å². The van der Waals surface area contributed by atoms with Crippen LogP contribution in [0.15, 0.2) is 0 Å². The fourth-order valence-corrected chi connectivity index (χ4v) is 0.367. The van der Waals surface area contributed by atoms with Crippen LogP contribution in [0.4, 0.5) is 0 Å². The van der Waals surface area contributed by atoms with Crippen molar-refractivity contribution in [2.75, 3.05) is 0 Å². The summed E-state index contributed by atoms with van der Waals surface area (Å²) < 4.78 is 4.76. The molecule has 0 fully saturated rings. The summed E-state index contributed by atoms with van der Waals surface area (Å²) in [5.74, 6) is -0.195. The van der Waals surface area contributed by atoms with E-state index in [-0.39, 0.29) is 29.4 Å². The number of carbonyl (C=O) groups excluding carboxylic acids is 1. The molecule has 0 amide bonds. The summed E-state index contributed by atoms with van der Waals surface area (Å²) >= 11 is 0. The number of ether oxygens (including phenoxy) is 1. The zero-order valence-electron chi connectivity index (χ0n) is 5.60. The Bertz CT molecular complexity index is 83.1. The maximum Gasteiger partial charge on any atom is 0.302 e. The van der Waals surface area contributed by atoms with Crippen molar-refractivity contribution in [1.82, 2.24) is 0 Å². The lowest BCUT2D eigenvalue weighted by Gasteiger charge is -2.06. The zero-order valence-corrected chi connectivity index (χ0v) is 5.60. The fourth-order valence-electron chi connectivity index (χ4n) is 0.367. The molecule has 0 N–H and O–H groups in total. The number of carbonyl (C=O) groups is 1. The Morgan fingerprint density at radius 2 is 2.11 bits per heavy atom. The number of rotatable bonds is 2. The molecule has 0 aromatic rings. The third-order valence-electron chi connectivity index (χ3n) is 0.942. The van der Waals surface area contributed by atoms with Crippen LogP contribution in [-0.2, 0) is 9.53 Å². The zero-order chi connectivity index (χ0) is 6.57. The highest BCUT2D eigenvalue weighted by Crippen LogP contribution is 1.94. The topological polar surface area (TPSA) is 26.3 Å². The third kappa shape index (κ3) is 8.00. The van der Waals surface area contributed by atoms with E-state index in [1.807, 2.05) is 13.8 Å². The van der Waals surface area contributed by atoms with Gasteiger partial charge >= 0.3 is 5.97 Å². The minimum Gasteiger partial charge on any atom is -0.463 e. The van der Waals surface area contributed by atoms with Crippen molar-refractivity contribution in [3.63, 3.8) is 0 Å². The lowest BCUT2D eigenvalue weighted by Crippen LogP contribution is -2.09. The Morgan fingerprint density at radius 1 is 1.67 bits per heavy atom. The van der Waals surface area contributed by atoms with Gasteiger partial charge in [0.2, 0.25) is 0 Å². The van der Waals surface area contributed by atoms with Crippen LogP contribution in [0, 0.1) is 0 Å². The summed E-state index contributed by atoms with van der Waals surface area (Å²) in [5, 5.41) is 0. The van der Waals surface area contributed by atoms with Gasteiger partial charge in [0.15, 0.2) is 17.4 Å². The van der Waals surface area contributed by atoms with Gasteiger partial charge in [-0.25, -0.2) is 0 Å². The van der Waals surface area contributed by atoms with Gasteiger partial charge in [-0.15, -0.1) is 0 Å². The van der Waals surface area contributed by atoms with Crippen LogP contribution in [0.1, 0.15) is 27.2 Å². The maximum atomic E-state index is 10.2. The monoisotopic (exact) mass is 146 g/mol. The molecule has 1 unspecified atom stereocenters. The van der Waals surface area contributed by atoms with E-state index in [4.69, 9.17) is 4.74 Å². The van der Waals surface area contributed by atoms with Gasteiger partial charge in [-0.1, -0.05) is 6.92 Å². The number of esters is 1. The summed E-state index contributed by atoms with van der Waals surface area (Å²) in [6.07, 6.45) is 0.965. The maximum absolute atomic E-state index is 10.2. The SMILES string of the molecule is CCC(C)OC(C)=O.[AlH3]. The van der Waals surface area contributed by atoms with Crippen molar-refractivity contribution in [1.29, 1.82) is 0 Å². The first-order valence-electron chi connectivity index (χ1n) is 2.84. The highest BCUT2D eigenvalue weighted by Gasteiger charge is 1.99. The molecule has 0 rings (SSSR count). The first-order valence-corrected chi connectivity index (χ1v) is 2.84. The van der Waals surface area contributed by atoms with Gasteiger partial charge < -0.3 is 4.74 Å². The molecule has 0 saturated carbocycles. The lowest BCUT2D eigenvalue weighted by molar-refractivity contribution is -0.145. The van der Waals surface area contributed by atoms with Crippen LogP contribution in [0.5, 0.6) is 0 Å². The largest absolute Gasteiger partial charge is 0.463 e. The van der Waals surface area contributed by atoms with E-state index in [1.165, 1.54) is 6.92 Å². The quantitative estimate of drug-likeness (QED) is 0.410. The first kappa shape index (κ1) is 11.8. The van der Waals surface area contributed by atoms with Crippen LogP contribution in [0.25, 0.3) is 0 Å². The molecular formula is C6H15AlO2. The second-order valence-corrected chi connectivity index (χ2v) is 1.83. The Labute approximate surface area is 66.7 Å². The van der Waals surface area contributed by atoms with Gasteiger partial charge in [-0.05, 0) is 13.3 Å². The molecule has 3 heteroatoms. The Hall–Kier alpha value is 0.00247. The van der Waals surface area contributed by atoms with Crippen molar-refractivity contribution in [3.05, 3.63) is 0 Å². The summed E-state index contributed by atoms with van der Waals surface area (Å²) in [6.45, 7) is 5.28. The van der Waals surface area contributed by atoms with Gasteiger partial charge in [0.1, 0.15) is 0 Å². The molecule has 0 aromatic carbocycles. The van der Waals surface area contributed by atoms with Crippen molar-refractivity contribution in [2.45, 2.75) is 33.3 Å². The Balaban J connectivity index is 0. The predicted octanol–water partition coefficient (Wildman–Crippen LogP) is 0.164.